The lowest BCUT2D eigenvalue weighted by Crippen LogP contribution is -2.21. The second-order valence-corrected chi connectivity index (χ2v) is 6.87. The molecule has 16 heavy (non-hydrogen) atoms. The minimum Gasteiger partial charge on any atom is -0.267 e. The van der Waals surface area contributed by atoms with Gasteiger partial charge in [0.15, 0.2) is 0 Å². The van der Waals surface area contributed by atoms with Crippen LogP contribution in [0.1, 0.15) is 25.7 Å². The highest BCUT2D eigenvalue weighted by molar-refractivity contribution is 8.39. The Morgan fingerprint density at radius 3 is 2.75 bits per heavy atom. The summed E-state index contributed by atoms with van der Waals surface area (Å²) in [7, 11) is 0. The van der Waals surface area contributed by atoms with Crippen LogP contribution in [0.15, 0.2) is 40.2 Å². The molecule has 3 rings (SSSR count). The van der Waals surface area contributed by atoms with Gasteiger partial charge in [-0.1, -0.05) is 54.6 Å². The Morgan fingerprint density at radius 1 is 1.12 bits per heavy atom. The fourth-order valence-electron chi connectivity index (χ4n) is 2.30. The molecule has 1 heterocycles. The Morgan fingerprint density at radius 2 is 1.94 bits per heavy atom. The molecule has 2 atom stereocenters. The number of aliphatic imine (C=N–C) groups is 1. The third kappa shape index (κ3) is 2.30. The molecule has 1 aliphatic heterocycles. The predicted molar refractivity (Wildman–Crippen MR) is 73.4 cm³/mol. The van der Waals surface area contributed by atoms with Gasteiger partial charge in [-0.2, -0.15) is 0 Å². The lowest BCUT2D eigenvalue weighted by atomic mass is 9.96. The standard InChI is InChI=1S/C13H15NS2/c1-2-6-10(7-3-1)15-13-14-11-8-4-5-9-12(11)16-13/h1-3,6-7,11-12H,4-5,8-9H2/t11-,12+/m0/s1. The van der Waals surface area contributed by atoms with Crippen molar-refractivity contribution in [1.29, 1.82) is 0 Å². The Balaban J connectivity index is 1.68. The number of hydrogen-bond acceptors (Lipinski definition) is 3. The molecule has 1 nitrogen and oxygen atoms in total. The molecule has 0 bridgehead atoms. The molecule has 0 unspecified atom stereocenters. The minimum atomic E-state index is 0.616. The van der Waals surface area contributed by atoms with Gasteiger partial charge in [0.1, 0.15) is 4.38 Å². The highest BCUT2D eigenvalue weighted by Gasteiger charge is 2.32. The second kappa shape index (κ2) is 4.84. The zero-order valence-electron chi connectivity index (χ0n) is 9.13. The van der Waals surface area contributed by atoms with Gasteiger partial charge in [0.05, 0.1) is 6.04 Å². The fraction of sp³-hybridized carbons (Fsp3) is 0.462. The van der Waals surface area contributed by atoms with E-state index < -0.39 is 0 Å². The molecular formula is C13H15NS2. The van der Waals surface area contributed by atoms with Crippen LogP contribution in [0, 0.1) is 0 Å². The molecule has 0 N–H and O–H groups in total. The molecule has 1 aliphatic carbocycles. The lowest BCUT2D eigenvalue weighted by molar-refractivity contribution is 0.462. The van der Waals surface area contributed by atoms with Crippen LogP contribution >= 0.6 is 23.5 Å². The van der Waals surface area contributed by atoms with Crippen LogP contribution in [-0.4, -0.2) is 15.7 Å². The SMILES string of the molecule is c1ccc(SC2=N[C@H]3CCCC[C@H]3S2)cc1. The molecule has 0 spiro atoms. The van der Waals surface area contributed by atoms with Crippen molar-refractivity contribution in [2.24, 2.45) is 4.99 Å². The Bertz CT molecular complexity index is 388. The first-order chi connectivity index (χ1) is 7.92. The van der Waals surface area contributed by atoms with Gasteiger partial charge in [-0.25, -0.2) is 0 Å². The molecule has 3 heteroatoms. The Labute approximate surface area is 105 Å². The lowest BCUT2D eigenvalue weighted by Gasteiger charge is -2.21. The van der Waals surface area contributed by atoms with E-state index in [4.69, 9.17) is 4.99 Å². The summed E-state index contributed by atoms with van der Waals surface area (Å²) in [4.78, 5) is 6.16. The topological polar surface area (TPSA) is 12.4 Å². The van der Waals surface area contributed by atoms with Gasteiger partial charge in [0.25, 0.3) is 0 Å². The monoisotopic (exact) mass is 249 g/mol. The molecule has 0 radical (unpaired) electrons. The zero-order valence-corrected chi connectivity index (χ0v) is 10.8. The van der Waals surface area contributed by atoms with E-state index in [1.54, 1.807) is 0 Å². The molecule has 0 saturated heterocycles. The molecule has 1 saturated carbocycles. The van der Waals surface area contributed by atoms with Crippen LogP contribution in [0.2, 0.25) is 0 Å². The van der Waals surface area contributed by atoms with Gasteiger partial charge >= 0.3 is 0 Å². The molecule has 0 aromatic heterocycles. The zero-order chi connectivity index (χ0) is 10.8. The van der Waals surface area contributed by atoms with Crippen LogP contribution in [0.25, 0.3) is 0 Å². The average Bonchev–Trinajstić information content (AvgIpc) is 2.72. The van der Waals surface area contributed by atoms with Crippen molar-refractivity contribution in [3.8, 4) is 0 Å². The van der Waals surface area contributed by atoms with Gasteiger partial charge in [-0.15, -0.1) is 0 Å². The average molecular weight is 249 g/mol. The normalized spacial score (nSPS) is 28.6. The maximum Gasteiger partial charge on any atom is 0.130 e. The smallest absolute Gasteiger partial charge is 0.130 e. The second-order valence-electron chi connectivity index (χ2n) is 4.32. The molecule has 0 amide bonds. The quantitative estimate of drug-likeness (QED) is 0.740. The minimum absolute atomic E-state index is 0.616. The van der Waals surface area contributed by atoms with Gasteiger partial charge in [-0.05, 0) is 25.0 Å². The first kappa shape index (κ1) is 10.7. The number of thioether (sulfide) groups is 2. The van der Waals surface area contributed by atoms with Crippen molar-refractivity contribution in [2.45, 2.75) is 41.9 Å². The number of rotatable bonds is 1. The van der Waals surface area contributed by atoms with Crippen LogP contribution < -0.4 is 0 Å². The number of nitrogens with zero attached hydrogens (tertiary/aromatic N) is 1. The number of hydrogen-bond donors (Lipinski definition) is 0. The highest BCUT2D eigenvalue weighted by Crippen LogP contribution is 2.41. The van der Waals surface area contributed by atoms with Crippen LogP contribution in [0.3, 0.4) is 0 Å². The molecule has 1 aromatic rings. The van der Waals surface area contributed by atoms with Crippen molar-refractivity contribution in [3.63, 3.8) is 0 Å². The maximum atomic E-state index is 4.85. The molecule has 2 aliphatic rings. The summed E-state index contributed by atoms with van der Waals surface area (Å²) in [6.07, 6.45) is 5.43. The largest absolute Gasteiger partial charge is 0.267 e. The van der Waals surface area contributed by atoms with E-state index in [0.717, 1.165) is 5.25 Å². The van der Waals surface area contributed by atoms with E-state index in [9.17, 15) is 0 Å². The summed E-state index contributed by atoms with van der Waals surface area (Å²) < 4.78 is 1.28. The van der Waals surface area contributed by atoms with Crippen LogP contribution in [0.5, 0.6) is 0 Å². The summed E-state index contributed by atoms with van der Waals surface area (Å²) in [6.45, 7) is 0. The fourth-order valence-corrected chi connectivity index (χ4v) is 4.93. The van der Waals surface area contributed by atoms with Gasteiger partial charge < -0.3 is 0 Å². The maximum absolute atomic E-state index is 4.85. The van der Waals surface area contributed by atoms with Crippen molar-refractivity contribution in [2.75, 3.05) is 0 Å². The molecule has 1 aromatic carbocycles. The van der Waals surface area contributed by atoms with Crippen LogP contribution in [0.4, 0.5) is 0 Å². The Kier molecular flexibility index (Phi) is 3.25. The summed E-state index contributed by atoms with van der Waals surface area (Å²) in [5, 5.41) is 0.778. The summed E-state index contributed by atoms with van der Waals surface area (Å²) >= 11 is 3.83. The van der Waals surface area contributed by atoms with Crippen molar-refractivity contribution < 1.29 is 0 Å². The molecule has 1 fully saturated rings. The van der Waals surface area contributed by atoms with Gasteiger partial charge in [0, 0.05) is 10.1 Å². The summed E-state index contributed by atoms with van der Waals surface area (Å²) in [5.41, 5.74) is 0. The van der Waals surface area contributed by atoms with E-state index >= 15 is 0 Å². The van der Waals surface area contributed by atoms with Crippen molar-refractivity contribution >= 4 is 27.9 Å². The predicted octanol–water partition coefficient (Wildman–Crippen LogP) is 4.19. The van der Waals surface area contributed by atoms with E-state index in [1.165, 1.54) is 35.0 Å². The van der Waals surface area contributed by atoms with Crippen molar-refractivity contribution in [3.05, 3.63) is 30.3 Å². The van der Waals surface area contributed by atoms with E-state index in [-0.39, 0.29) is 0 Å². The first-order valence-corrected chi connectivity index (χ1v) is 7.59. The number of benzene rings is 1. The number of fused-ring (bicyclic) bond motifs is 1. The van der Waals surface area contributed by atoms with Gasteiger partial charge in [-0.3, -0.25) is 4.99 Å². The third-order valence-electron chi connectivity index (χ3n) is 3.14. The first-order valence-electron chi connectivity index (χ1n) is 5.89. The van der Waals surface area contributed by atoms with E-state index in [0.29, 0.717) is 6.04 Å². The van der Waals surface area contributed by atoms with E-state index in [1.807, 2.05) is 23.5 Å². The Hall–Kier alpha value is -0.410. The van der Waals surface area contributed by atoms with Gasteiger partial charge in [0.2, 0.25) is 0 Å². The summed E-state index contributed by atoms with van der Waals surface area (Å²) in [6, 6.07) is 11.2. The summed E-state index contributed by atoms with van der Waals surface area (Å²) in [5.74, 6) is 0. The molecular weight excluding hydrogens is 234 g/mol. The van der Waals surface area contributed by atoms with Crippen LogP contribution in [-0.2, 0) is 0 Å². The van der Waals surface area contributed by atoms with E-state index in [2.05, 4.69) is 30.3 Å². The molecule has 84 valence electrons. The third-order valence-corrected chi connectivity index (χ3v) is 5.63. The highest BCUT2D eigenvalue weighted by atomic mass is 32.2. The van der Waals surface area contributed by atoms with Crippen molar-refractivity contribution in [1.82, 2.24) is 0 Å².